The van der Waals surface area contributed by atoms with E-state index in [-0.39, 0.29) is 16.1 Å². The van der Waals surface area contributed by atoms with Crippen molar-refractivity contribution in [3.05, 3.63) is 28.0 Å². The minimum atomic E-state index is -0.374. The van der Waals surface area contributed by atoms with E-state index < -0.39 is 0 Å². The number of hydrogen-bond donors (Lipinski definition) is 2. The van der Waals surface area contributed by atoms with Gasteiger partial charge in [-0.3, -0.25) is 0 Å². The summed E-state index contributed by atoms with van der Waals surface area (Å²) < 4.78 is 19.7. The first kappa shape index (κ1) is 14.6. The molecule has 0 amide bonds. The van der Waals surface area contributed by atoms with E-state index in [0.717, 1.165) is 26.1 Å². The van der Waals surface area contributed by atoms with Crippen LogP contribution in [-0.2, 0) is 4.74 Å². The Hall–Kier alpha value is -0.790. The molecule has 19 heavy (non-hydrogen) atoms. The maximum atomic E-state index is 14.2. The summed E-state index contributed by atoms with van der Waals surface area (Å²) in [5, 5.41) is 11.9. The number of halogens is 2. The van der Waals surface area contributed by atoms with Gasteiger partial charge < -0.3 is 15.7 Å². The lowest BCUT2D eigenvalue weighted by molar-refractivity contribution is 0.1000. The minimum absolute atomic E-state index is 0.117. The molecule has 0 spiro atoms. The van der Waals surface area contributed by atoms with Crippen molar-refractivity contribution in [2.24, 2.45) is 10.9 Å². The number of ether oxygens (including phenoxy) is 1. The monoisotopic (exact) mass is 348 g/mol. The second-order valence-corrected chi connectivity index (χ2v) is 6.29. The van der Waals surface area contributed by atoms with Crippen LogP contribution in [0.25, 0.3) is 0 Å². The fourth-order valence-corrected chi connectivity index (χ4v) is 3.67. The lowest BCUT2D eigenvalue weighted by Gasteiger charge is -2.22. The smallest absolute Gasteiger partial charge is 0.171 e. The molecule has 4 nitrogen and oxygen atoms in total. The van der Waals surface area contributed by atoms with Crippen molar-refractivity contribution in [3.63, 3.8) is 0 Å². The fourth-order valence-electron chi connectivity index (χ4n) is 1.85. The Bertz CT molecular complexity index is 493. The average molecular weight is 349 g/mol. The van der Waals surface area contributed by atoms with Gasteiger partial charge in [-0.25, -0.2) is 4.39 Å². The van der Waals surface area contributed by atoms with Crippen LogP contribution in [0, 0.1) is 5.82 Å². The van der Waals surface area contributed by atoms with Gasteiger partial charge in [0.25, 0.3) is 0 Å². The SMILES string of the molecule is N/C(=N/O)c1ccc(SC2CCOCC2)c(F)c1Br. The first-order valence-corrected chi connectivity index (χ1v) is 7.51. The molecule has 7 heteroatoms. The van der Waals surface area contributed by atoms with Gasteiger partial charge in [-0.05, 0) is 40.9 Å². The lowest BCUT2D eigenvalue weighted by atomic mass is 10.2. The molecule has 1 fully saturated rings. The first-order chi connectivity index (χ1) is 9.13. The van der Waals surface area contributed by atoms with Crippen molar-refractivity contribution in [1.29, 1.82) is 0 Å². The second kappa shape index (κ2) is 6.58. The summed E-state index contributed by atoms with van der Waals surface area (Å²) in [4.78, 5) is 0.563. The molecule has 2 rings (SSSR count). The van der Waals surface area contributed by atoms with Gasteiger partial charge in [0.15, 0.2) is 11.7 Å². The molecule has 1 aromatic rings. The van der Waals surface area contributed by atoms with E-state index in [1.54, 1.807) is 12.1 Å². The third kappa shape index (κ3) is 3.40. The molecule has 104 valence electrons. The largest absolute Gasteiger partial charge is 0.409 e. The van der Waals surface area contributed by atoms with Crippen LogP contribution < -0.4 is 5.73 Å². The average Bonchev–Trinajstić information content (AvgIpc) is 2.44. The Labute approximate surface area is 123 Å². The highest BCUT2D eigenvalue weighted by Gasteiger charge is 2.20. The molecule has 0 saturated carbocycles. The molecule has 1 aromatic carbocycles. The summed E-state index contributed by atoms with van der Waals surface area (Å²) in [6.45, 7) is 1.45. The summed E-state index contributed by atoms with van der Waals surface area (Å²) in [5.41, 5.74) is 5.82. The number of thioether (sulfide) groups is 1. The van der Waals surface area contributed by atoms with E-state index in [1.807, 2.05) is 0 Å². The van der Waals surface area contributed by atoms with Crippen molar-refractivity contribution in [2.45, 2.75) is 23.0 Å². The maximum absolute atomic E-state index is 14.2. The van der Waals surface area contributed by atoms with Crippen LogP contribution in [0.2, 0.25) is 0 Å². The number of nitrogens with two attached hydrogens (primary N) is 1. The van der Waals surface area contributed by atoms with Crippen LogP contribution in [0.15, 0.2) is 26.7 Å². The van der Waals surface area contributed by atoms with Crippen molar-refractivity contribution in [1.82, 2.24) is 0 Å². The molecule has 0 unspecified atom stereocenters. The molecule has 0 bridgehead atoms. The molecule has 1 aliphatic heterocycles. The highest BCUT2D eigenvalue weighted by Crippen LogP contribution is 2.35. The van der Waals surface area contributed by atoms with Crippen LogP contribution in [0.4, 0.5) is 4.39 Å². The second-order valence-electron chi connectivity index (χ2n) is 4.15. The maximum Gasteiger partial charge on any atom is 0.171 e. The number of benzene rings is 1. The van der Waals surface area contributed by atoms with Gasteiger partial charge in [0.05, 0.1) is 4.47 Å². The summed E-state index contributed by atoms with van der Waals surface area (Å²) in [7, 11) is 0. The van der Waals surface area contributed by atoms with Crippen LogP contribution in [0.1, 0.15) is 18.4 Å². The Kier molecular flexibility index (Phi) is 5.06. The molecule has 1 saturated heterocycles. The van der Waals surface area contributed by atoms with Crippen LogP contribution in [-0.4, -0.2) is 29.5 Å². The molecule has 3 N–H and O–H groups in total. The van der Waals surface area contributed by atoms with Crippen LogP contribution >= 0.6 is 27.7 Å². The molecule has 1 heterocycles. The van der Waals surface area contributed by atoms with Crippen molar-refractivity contribution >= 4 is 33.5 Å². The van der Waals surface area contributed by atoms with Gasteiger partial charge in [-0.2, -0.15) is 0 Å². The molecule has 0 atom stereocenters. The zero-order chi connectivity index (χ0) is 13.8. The first-order valence-electron chi connectivity index (χ1n) is 5.83. The lowest BCUT2D eigenvalue weighted by Crippen LogP contribution is -2.18. The third-order valence-electron chi connectivity index (χ3n) is 2.89. The fraction of sp³-hybridized carbons (Fsp3) is 0.417. The van der Waals surface area contributed by atoms with Crippen molar-refractivity contribution in [3.8, 4) is 0 Å². The van der Waals surface area contributed by atoms with E-state index in [4.69, 9.17) is 15.7 Å². The summed E-state index contributed by atoms with van der Waals surface area (Å²) in [6.07, 6.45) is 1.84. The normalized spacial score (nSPS) is 17.7. The summed E-state index contributed by atoms with van der Waals surface area (Å²) in [6, 6.07) is 3.30. The van der Waals surface area contributed by atoms with Crippen LogP contribution in [0.3, 0.4) is 0 Å². The number of oxime groups is 1. The van der Waals surface area contributed by atoms with E-state index in [1.165, 1.54) is 11.8 Å². The Morgan fingerprint density at radius 1 is 1.47 bits per heavy atom. The summed E-state index contributed by atoms with van der Waals surface area (Å²) in [5.74, 6) is -0.492. The molecule has 0 aromatic heterocycles. The van der Waals surface area contributed by atoms with E-state index in [0.29, 0.717) is 15.7 Å². The quantitative estimate of drug-likeness (QED) is 0.381. The van der Waals surface area contributed by atoms with Gasteiger partial charge >= 0.3 is 0 Å². The van der Waals surface area contributed by atoms with Crippen molar-refractivity contribution in [2.75, 3.05) is 13.2 Å². The predicted octanol–water partition coefficient (Wildman–Crippen LogP) is 2.95. The van der Waals surface area contributed by atoms with Gasteiger partial charge in [0.2, 0.25) is 0 Å². The van der Waals surface area contributed by atoms with Crippen LogP contribution in [0.5, 0.6) is 0 Å². The van der Waals surface area contributed by atoms with Gasteiger partial charge in [0, 0.05) is 28.9 Å². The predicted molar refractivity (Wildman–Crippen MR) is 76.3 cm³/mol. The Morgan fingerprint density at radius 3 is 2.79 bits per heavy atom. The third-order valence-corrected chi connectivity index (χ3v) is 5.04. The zero-order valence-corrected chi connectivity index (χ0v) is 12.5. The zero-order valence-electron chi connectivity index (χ0n) is 10.1. The number of amidine groups is 1. The molecular weight excluding hydrogens is 335 g/mol. The van der Waals surface area contributed by atoms with E-state index in [9.17, 15) is 4.39 Å². The Balaban J connectivity index is 2.20. The minimum Gasteiger partial charge on any atom is -0.409 e. The highest BCUT2D eigenvalue weighted by molar-refractivity contribution is 9.10. The summed E-state index contributed by atoms with van der Waals surface area (Å²) >= 11 is 4.66. The number of rotatable bonds is 3. The molecule has 0 aliphatic carbocycles. The number of nitrogens with zero attached hydrogens (tertiary/aromatic N) is 1. The topological polar surface area (TPSA) is 67.8 Å². The van der Waals surface area contributed by atoms with Gasteiger partial charge in [-0.15, -0.1) is 11.8 Å². The highest BCUT2D eigenvalue weighted by atomic mass is 79.9. The molecule has 0 radical (unpaired) electrons. The van der Waals surface area contributed by atoms with Crippen molar-refractivity contribution < 1.29 is 14.3 Å². The standard InChI is InChI=1S/C12H14BrFN2O2S/c13-10-8(12(15)16-17)1-2-9(11(10)14)19-7-3-5-18-6-4-7/h1-2,7,17H,3-6H2,(H2,15,16). The molecule has 1 aliphatic rings. The Morgan fingerprint density at radius 2 is 2.16 bits per heavy atom. The molecular formula is C12H14BrFN2O2S. The van der Waals surface area contributed by atoms with Gasteiger partial charge in [0.1, 0.15) is 0 Å². The van der Waals surface area contributed by atoms with Gasteiger partial charge in [-0.1, -0.05) is 5.16 Å². The number of hydrogen-bond acceptors (Lipinski definition) is 4. The van der Waals surface area contributed by atoms with E-state index in [2.05, 4.69) is 21.1 Å². The van der Waals surface area contributed by atoms with E-state index >= 15 is 0 Å².